The van der Waals surface area contributed by atoms with Gasteiger partial charge in [-0.1, -0.05) is 63.3 Å². The first-order chi connectivity index (χ1) is 6.77. The standard InChI is InChI=1S/C14H24/c1-4-8-12(3)11-13(5-2)14-9-6-7-10-14/h4,8,13-14H,3,5-7,9-11H2,1-2H3/b8-4+. The average molecular weight is 192 g/mol. The highest BCUT2D eigenvalue weighted by molar-refractivity contribution is 5.14. The quantitative estimate of drug-likeness (QED) is 0.553. The van der Waals surface area contributed by atoms with Crippen molar-refractivity contribution < 1.29 is 0 Å². The SMILES string of the molecule is C=C(/C=C/C)CC(CC)C1CCCC1. The van der Waals surface area contributed by atoms with Crippen molar-refractivity contribution in [2.24, 2.45) is 11.8 Å². The van der Waals surface area contributed by atoms with Gasteiger partial charge in [0, 0.05) is 0 Å². The smallest absolute Gasteiger partial charge is 0.0254 e. The molecule has 1 aliphatic rings. The summed E-state index contributed by atoms with van der Waals surface area (Å²) >= 11 is 0. The van der Waals surface area contributed by atoms with Crippen molar-refractivity contribution in [3.05, 3.63) is 24.3 Å². The maximum Gasteiger partial charge on any atom is -0.0254 e. The van der Waals surface area contributed by atoms with Crippen LogP contribution in [0.15, 0.2) is 24.3 Å². The van der Waals surface area contributed by atoms with Crippen molar-refractivity contribution in [1.29, 1.82) is 0 Å². The van der Waals surface area contributed by atoms with E-state index in [0.717, 1.165) is 11.8 Å². The Morgan fingerprint density at radius 1 is 1.43 bits per heavy atom. The molecule has 0 bridgehead atoms. The van der Waals surface area contributed by atoms with Crippen LogP contribution >= 0.6 is 0 Å². The van der Waals surface area contributed by atoms with Crippen molar-refractivity contribution in [2.75, 3.05) is 0 Å². The second-order valence-corrected chi connectivity index (χ2v) is 4.58. The highest BCUT2D eigenvalue weighted by Gasteiger charge is 2.23. The van der Waals surface area contributed by atoms with Gasteiger partial charge < -0.3 is 0 Å². The topological polar surface area (TPSA) is 0 Å². The second kappa shape index (κ2) is 6.06. The Labute approximate surface area is 89.1 Å². The molecule has 1 aliphatic carbocycles. The molecular weight excluding hydrogens is 168 g/mol. The van der Waals surface area contributed by atoms with Crippen molar-refractivity contribution in [3.8, 4) is 0 Å². The molecule has 0 radical (unpaired) electrons. The van der Waals surface area contributed by atoms with Crippen LogP contribution in [0.25, 0.3) is 0 Å². The van der Waals surface area contributed by atoms with Gasteiger partial charge in [-0.3, -0.25) is 0 Å². The Kier molecular flexibility index (Phi) is 5.00. The van der Waals surface area contributed by atoms with Crippen molar-refractivity contribution in [2.45, 2.75) is 52.4 Å². The van der Waals surface area contributed by atoms with E-state index in [0.29, 0.717) is 0 Å². The fraction of sp³-hybridized carbons (Fsp3) is 0.714. The van der Waals surface area contributed by atoms with Gasteiger partial charge >= 0.3 is 0 Å². The third-order valence-corrected chi connectivity index (χ3v) is 3.52. The van der Waals surface area contributed by atoms with Crippen molar-refractivity contribution in [3.63, 3.8) is 0 Å². The van der Waals surface area contributed by atoms with E-state index in [1.165, 1.54) is 44.1 Å². The van der Waals surface area contributed by atoms with Gasteiger partial charge in [-0.15, -0.1) is 0 Å². The Balaban J connectivity index is 2.41. The lowest BCUT2D eigenvalue weighted by molar-refractivity contribution is 0.328. The molecule has 1 saturated carbocycles. The average Bonchev–Trinajstić information content (AvgIpc) is 2.67. The van der Waals surface area contributed by atoms with E-state index in [2.05, 4.69) is 32.6 Å². The van der Waals surface area contributed by atoms with Crippen molar-refractivity contribution in [1.82, 2.24) is 0 Å². The molecule has 0 aromatic rings. The molecule has 1 unspecified atom stereocenters. The molecule has 0 amide bonds. The Morgan fingerprint density at radius 2 is 2.07 bits per heavy atom. The van der Waals surface area contributed by atoms with E-state index >= 15 is 0 Å². The van der Waals surface area contributed by atoms with Gasteiger partial charge in [0.25, 0.3) is 0 Å². The highest BCUT2D eigenvalue weighted by atomic mass is 14.3. The summed E-state index contributed by atoms with van der Waals surface area (Å²) in [5.41, 5.74) is 1.31. The Hall–Kier alpha value is -0.520. The fourth-order valence-electron chi connectivity index (χ4n) is 2.71. The Bertz CT molecular complexity index is 194. The summed E-state index contributed by atoms with van der Waals surface area (Å²) in [5, 5.41) is 0. The first-order valence-electron chi connectivity index (χ1n) is 6.08. The van der Waals surface area contributed by atoms with Crippen LogP contribution in [-0.4, -0.2) is 0 Å². The minimum Gasteiger partial charge on any atom is -0.0958 e. The molecule has 0 aromatic carbocycles. The summed E-state index contributed by atoms with van der Waals surface area (Å²) < 4.78 is 0. The highest BCUT2D eigenvalue weighted by Crippen LogP contribution is 2.36. The van der Waals surface area contributed by atoms with E-state index in [1.54, 1.807) is 0 Å². The van der Waals surface area contributed by atoms with E-state index < -0.39 is 0 Å². The van der Waals surface area contributed by atoms with Crippen LogP contribution in [0.2, 0.25) is 0 Å². The van der Waals surface area contributed by atoms with Gasteiger partial charge in [0.2, 0.25) is 0 Å². The predicted octanol–water partition coefficient (Wildman–Crippen LogP) is 4.73. The summed E-state index contributed by atoms with van der Waals surface area (Å²) in [6.45, 7) is 8.51. The largest absolute Gasteiger partial charge is 0.0958 e. The number of allylic oxidation sites excluding steroid dienone is 3. The number of rotatable bonds is 5. The van der Waals surface area contributed by atoms with Gasteiger partial charge in [-0.05, 0) is 25.2 Å². The molecule has 0 nitrogen and oxygen atoms in total. The molecule has 1 fully saturated rings. The van der Waals surface area contributed by atoms with E-state index in [-0.39, 0.29) is 0 Å². The van der Waals surface area contributed by atoms with Crippen LogP contribution in [0.3, 0.4) is 0 Å². The Morgan fingerprint density at radius 3 is 2.57 bits per heavy atom. The van der Waals surface area contributed by atoms with Crippen LogP contribution in [0, 0.1) is 11.8 Å². The number of hydrogen-bond acceptors (Lipinski definition) is 0. The second-order valence-electron chi connectivity index (χ2n) is 4.58. The summed E-state index contributed by atoms with van der Waals surface area (Å²) in [6, 6.07) is 0. The zero-order valence-corrected chi connectivity index (χ0v) is 9.76. The molecule has 14 heavy (non-hydrogen) atoms. The molecule has 0 aliphatic heterocycles. The van der Waals surface area contributed by atoms with E-state index in [4.69, 9.17) is 0 Å². The van der Waals surface area contributed by atoms with E-state index in [9.17, 15) is 0 Å². The van der Waals surface area contributed by atoms with Gasteiger partial charge in [0.05, 0.1) is 0 Å². The molecule has 0 N–H and O–H groups in total. The van der Waals surface area contributed by atoms with Crippen LogP contribution in [0.4, 0.5) is 0 Å². The molecule has 0 heteroatoms. The van der Waals surface area contributed by atoms with Gasteiger partial charge in [-0.2, -0.15) is 0 Å². The van der Waals surface area contributed by atoms with Gasteiger partial charge in [0.15, 0.2) is 0 Å². The zero-order valence-electron chi connectivity index (χ0n) is 9.76. The molecule has 0 saturated heterocycles. The summed E-state index contributed by atoms with van der Waals surface area (Å²) in [7, 11) is 0. The van der Waals surface area contributed by atoms with Crippen LogP contribution in [0.1, 0.15) is 52.4 Å². The molecule has 0 heterocycles. The molecule has 0 spiro atoms. The molecular formula is C14H24. The summed E-state index contributed by atoms with van der Waals surface area (Å²) in [6.07, 6.45) is 12.6. The number of hydrogen-bond donors (Lipinski definition) is 0. The lowest BCUT2D eigenvalue weighted by Crippen LogP contribution is -2.11. The lowest BCUT2D eigenvalue weighted by Gasteiger charge is -2.21. The third kappa shape index (κ3) is 3.32. The van der Waals surface area contributed by atoms with Crippen LogP contribution in [0.5, 0.6) is 0 Å². The maximum atomic E-state index is 4.12. The minimum atomic E-state index is 0.890. The lowest BCUT2D eigenvalue weighted by atomic mass is 9.84. The molecule has 1 atom stereocenters. The van der Waals surface area contributed by atoms with Crippen LogP contribution in [-0.2, 0) is 0 Å². The van der Waals surface area contributed by atoms with Gasteiger partial charge in [0.1, 0.15) is 0 Å². The van der Waals surface area contributed by atoms with E-state index in [1.807, 2.05) is 0 Å². The minimum absolute atomic E-state index is 0.890. The van der Waals surface area contributed by atoms with Gasteiger partial charge in [-0.25, -0.2) is 0 Å². The molecule has 0 aromatic heterocycles. The zero-order chi connectivity index (χ0) is 10.4. The normalized spacial score (nSPS) is 20.4. The first-order valence-corrected chi connectivity index (χ1v) is 6.08. The van der Waals surface area contributed by atoms with Crippen molar-refractivity contribution >= 4 is 0 Å². The molecule has 1 rings (SSSR count). The summed E-state index contributed by atoms with van der Waals surface area (Å²) in [4.78, 5) is 0. The maximum absolute atomic E-state index is 4.12. The summed E-state index contributed by atoms with van der Waals surface area (Å²) in [5.74, 6) is 1.88. The predicted molar refractivity (Wildman–Crippen MR) is 64.3 cm³/mol. The monoisotopic (exact) mass is 192 g/mol. The first kappa shape index (κ1) is 11.6. The van der Waals surface area contributed by atoms with Crippen LogP contribution < -0.4 is 0 Å². The fourth-order valence-corrected chi connectivity index (χ4v) is 2.71. The molecule has 80 valence electrons. The third-order valence-electron chi connectivity index (χ3n) is 3.52.